The minimum absolute atomic E-state index is 0.258. The Bertz CT molecular complexity index is 616. The van der Waals surface area contributed by atoms with E-state index >= 15 is 0 Å². The van der Waals surface area contributed by atoms with Gasteiger partial charge in [-0.05, 0) is 101 Å². The van der Waals surface area contributed by atoms with Crippen molar-refractivity contribution in [3.8, 4) is 0 Å². The molecule has 3 saturated carbocycles. The number of allylic oxidation sites excluding steroid dienone is 1. The second kappa shape index (κ2) is 6.31. The van der Waals surface area contributed by atoms with Crippen molar-refractivity contribution in [1.29, 1.82) is 0 Å². The predicted molar refractivity (Wildman–Crippen MR) is 108 cm³/mol. The van der Waals surface area contributed by atoms with Gasteiger partial charge in [0, 0.05) is 0 Å². The van der Waals surface area contributed by atoms with Crippen LogP contribution in [-0.2, 0) is 4.74 Å². The summed E-state index contributed by atoms with van der Waals surface area (Å²) in [6.07, 6.45) is 11.9. The van der Waals surface area contributed by atoms with Gasteiger partial charge in [0.2, 0.25) is 0 Å². The Morgan fingerprint density at radius 3 is 2.52 bits per heavy atom. The van der Waals surface area contributed by atoms with Crippen molar-refractivity contribution in [2.45, 2.75) is 103 Å². The van der Waals surface area contributed by atoms with Gasteiger partial charge >= 0.3 is 0 Å². The molecule has 0 heterocycles. The van der Waals surface area contributed by atoms with E-state index in [2.05, 4.69) is 19.9 Å². The van der Waals surface area contributed by atoms with Crippen molar-refractivity contribution in [3.05, 3.63) is 11.6 Å². The normalized spacial score (nSPS) is 49.8. The Hall–Kier alpha value is -0.380. The van der Waals surface area contributed by atoms with Crippen LogP contribution in [0.3, 0.4) is 0 Å². The molecule has 0 aromatic rings. The largest absolute Gasteiger partial charge is 0.390 e. The van der Waals surface area contributed by atoms with Crippen molar-refractivity contribution in [2.75, 3.05) is 6.61 Å². The van der Waals surface area contributed by atoms with Crippen LogP contribution in [0.4, 0.5) is 0 Å². The molecule has 2 N–H and O–H groups in total. The molecule has 27 heavy (non-hydrogen) atoms. The summed E-state index contributed by atoms with van der Waals surface area (Å²) < 4.78 is 6.28. The molecular weight excluding hydrogens is 336 g/mol. The maximum atomic E-state index is 10.6. The Labute approximate surface area is 165 Å². The fraction of sp³-hybridized carbons (Fsp3) is 0.917. The molecule has 0 amide bonds. The summed E-state index contributed by atoms with van der Waals surface area (Å²) in [4.78, 5) is 0. The molecule has 4 aliphatic carbocycles. The van der Waals surface area contributed by atoms with Crippen molar-refractivity contribution in [1.82, 2.24) is 0 Å². The van der Waals surface area contributed by atoms with Crippen LogP contribution in [0.15, 0.2) is 11.6 Å². The van der Waals surface area contributed by atoms with Crippen molar-refractivity contribution < 1.29 is 14.9 Å². The topological polar surface area (TPSA) is 49.7 Å². The second-order valence-electron chi connectivity index (χ2n) is 11.7. The molecule has 0 aromatic heterocycles. The first kappa shape index (κ1) is 19.9. The molecular formula is C24H40O3. The van der Waals surface area contributed by atoms with E-state index < -0.39 is 11.2 Å². The van der Waals surface area contributed by atoms with Crippen molar-refractivity contribution in [2.24, 2.45) is 28.6 Å². The summed E-state index contributed by atoms with van der Waals surface area (Å²) in [5.41, 5.74) is 0.828. The molecule has 0 spiro atoms. The number of ether oxygens (including phenoxy) is 1. The second-order valence-corrected chi connectivity index (χ2v) is 11.7. The van der Waals surface area contributed by atoms with Crippen LogP contribution in [0.2, 0.25) is 0 Å². The van der Waals surface area contributed by atoms with Gasteiger partial charge in [-0.25, -0.2) is 0 Å². The van der Waals surface area contributed by atoms with E-state index in [0.717, 1.165) is 43.4 Å². The third kappa shape index (κ3) is 3.32. The van der Waals surface area contributed by atoms with Crippen LogP contribution in [0.5, 0.6) is 0 Å². The fourth-order valence-electron chi connectivity index (χ4n) is 7.33. The van der Waals surface area contributed by atoms with E-state index in [1.165, 1.54) is 31.3 Å². The lowest BCUT2D eigenvalue weighted by molar-refractivity contribution is -0.122. The molecule has 3 nitrogen and oxygen atoms in total. The van der Waals surface area contributed by atoms with Gasteiger partial charge in [-0.3, -0.25) is 0 Å². The molecule has 0 aliphatic heterocycles. The Morgan fingerprint density at radius 2 is 1.81 bits per heavy atom. The summed E-state index contributed by atoms with van der Waals surface area (Å²) in [7, 11) is 0. The third-order valence-electron chi connectivity index (χ3n) is 8.93. The van der Waals surface area contributed by atoms with Gasteiger partial charge in [0.25, 0.3) is 0 Å². The van der Waals surface area contributed by atoms with Crippen molar-refractivity contribution in [3.63, 3.8) is 0 Å². The quantitative estimate of drug-likeness (QED) is 0.692. The highest BCUT2D eigenvalue weighted by molar-refractivity contribution is 5.26. The minimum atomic E-state index is -0.749. The van der Waals surface area contributed by atoms with Crippen LogP contribution in [0, 0.1) is 28.6 Å². The number of hydrogen-bond acceptors (Lipinski definition) is 3. The molecule has 4 rings (SSSR count). The first-order valence-corrected chi connectivity index (χ1v) is 11.2. The fourth-order valence-corrected chi connectivity index (χ4v) is 7.33. The summed E-state index contributed by atoms with van der Waals surface area (Å²) in [5, 5.41) is 20.7. The smallest absolute Gasteiger partial charge is 0.0824 e. The maximum absolute atomic E-state index is 10.6. The molecule has 154 valence electrons. The Kier molecular flexibility index (Phi) is 4.65. The lowest BCUT2D eigenvalue weighted by atomic mass is 9.47. The highest BCUT2D eigenvalue weighted by Gasteiger charge is 2.59. The molecule has 0 saturated heterocycles. The third-order valence-corrected chi connectivity index (χ3v) is 8.93. The monoisotopic (exact) mass is 376 g/mol. The van der Waals surface area contributed by atoms with Gasteiger partial charge in [-0.2, -0.15) is 0 Å². The van der Waals surface area contributed by atoms with Gasteiger partial charge < -0.3 is 14.9 Å². The standard InChI is InChI=1S/C24H40O3/c1-21(2,25)15-27-20-9-8-18-17-7-6-16-14-22(3,26)12-13-23(16,4)19(17)10-11-24(18,20)5/h6,17-20,25-26H,7-15H2,1-5H3. The molecule has 0 bridgehead atoms. The average molecular weight is 377 g/mol. The highest BCUT2D eigenvalue weighted by Crippen LogP contribution is 2.65. The number of hydrogen-bond donors (Lipinski definition) is 2. The van der Waals surface area contributed by atoms with E-state index in [-0.39, 0.29) is 5.41 Å². The van der Waals surface area contributed by atoms with Crippen LogP contribution in [-0.4, -0.2) is 34.1 Å². The van der Waals surface area contributed by atoms with Gasteiger partial charge in [0.15, 0.2) is 0 Å². The average Bonchev–Trinajstić information content (AvgIpc) is 2.89. The SMILES string of the molecule is CC(C)(O)COC1CCC2C3CC=C4CC(C)(O)CCC4(C)C3CCC12C. The number of aliphatic hydroxyl groups is 2. The lowest BCUT2D eigenvalue weighted by Gasteiger charge is -2.58. The molecule has 7 unspecified atom stereocenters. The van der Waals surface area contributed by atoms with Crippen LogP contribution < -0.4 is 0 Å². The molecule has 3 heteroatoms. The summed E-state index contributed by atoms with van der Waals surface area (Å²) in [6.45, 7) is 11.1. The van der Waals surface area contributed by atoms with Gasteiger partial charge in [-0.1, -0.05) is 25.5 Å². The van der Waals surface area contributed by atoms with Crippen LogP contribution in [0.25, 0.3) is 0 Å². The van der Waals surface area contributed by atoms with E-state index in [4.69, 9.17) is 4.74 Å². The molecule has 0 radical (unpaired) electrons. The summed E-state index contributed by atoms with van der Waals surface area (Å²) in [6, 6.07) is 0. The van der Waals surface area contributed by atoms with E-state index in [9.17, 15) is 10.2 Å². The van der Waals surface area contributed by atoms with Crippen LogP contribution >= 0.6 is 0 Å². The zero-order chi connectivity index (χ0) is 19.7. The highest BCUT2D eigenvalue weighted by atomic mass is 16.5. The summed E-state index contributed by atoms with van der Waals surface area (Å²) in [5.74, 6) is 2.26. The number of fused-ring (bicyclic) bond motifs is 5. The first-order valence-electron chi connectivity index (χ1n) is 11.2. The molecule has 4 aliphatic rings. The zero-order valence-electron chi connectivity index (χ0n) is 18.1. The number of rotatable bonds is 3. The van der Waals surface area contributed by atoms with E-state index in [1.807, 2.05) is 20.8 Å². The van der Waals surface area contributed by atoms with E-state index in [1.54, 1.807) is 0 Å². The van der Waals surface area contributed by atoms with Gasteiger partial charge in [0.05, 0.1) is 23.9 Å². The lowest BCUT2D eigenvalue weighted by Crippen LogP contribution is -2.52. The van der Waals surface area contributed by atoms with Crippen LogP contribution in [0.1, 0.15) is 86.0 Å². The zero-order valence-corrected chi connectivity index (χ0v) is 18.1. The Balaban J connectivity index is 1.55. The molecule has 0 aromatic carbocycles. The first-order chi connectivity index (χ1) is 12.4. The van der Waals surface area contributed by atoms with E-state index in [0.29, 0.717) is 18.1 Å². The maximum Gasteiger partial charge on any atom is 0.0824 e. The molecule has 7 atom stereocenters. The van der Waals surface area contributed by atoms with Gasteiger partial charge in [-0.15, -0.1) is 0 Å². The summed E-state index contributed by atoms with van der Waals surface area (Å²) >= 11 is 0. The Morgan fingerprint density at radius 1 is 1.07 bits per heavy atom. The minimum Gasteiger partial charge on any atom is -0.390 e. The predicted octanol–water partition coefficient (Wildman–Crippen LogP) is 4.86. The van der Waals surface area contributed by atoms with Gasteiger partial charge in [0.1, 0.15) is 0 Å². The van der Waals surface area contributed by atoms with Crippen molar-refractivity contribution >= 4 is 0 Å². The molecule has 3 fully saturated rings.